The molecule has 1 saturated heterocycles. The molecular formula is C12H21N3O4. The van der Waals surface area contributed by atoms with Gasteiger partial charge in [0, 0.05) is 26.2 Å². The van der Waals surface area contributed by atoms with E-state index in [-0.39, 0.29) is 31.1 Å². The predicted octanol–water partition coefficient (Wildman–Crippen LogP) is 0.0655. The average molecular weight is 271 g/mol. The Morgan fingerprint density at radius 2 is 2.05 bits per heavy atom. The smallest absolute Gasteiger partial charge is 0.323 e. The van der Waals surface area contributed by atoms with Gasteiger partial charge in [0.2, 0.25) is 5.91 Å². The van der Waals surface area contributed by atoms with Gasteiger partial charge in [-0.05, 0) is 13.3 Å². The van der Waals surface area contributed by atoms with Crippen molar-refractivity contribution in [2.24, 2.45) is 0 Å². The third kappa shape index (κ3) is 3.84. The summed E-state index contributed by atoms with van der Waals surface area (Å²) in [6, 6.07) is -0.545. The number of piperazine rings is 1. The van der Waals surface area contributed by atoms with Crippen LogP contribution < -0.4 is 0 Å². The fourth-order valence-electron chi connectivity index (χ4n) is 1.88. The molecule has 0 aromatic carbocycles. The van der Waals surface area contributed by atoms with Crippen LogP contribution in [-0.2, 0) is 9.59 Å². The molecule has 19 heavy (non-hydrogen) atoms. The summed E-state index contributed by atoms with van der Waals surface area (Å²) in [6.45, 7) is 4.29. The molecule has 1 N–H and O–H groups in total. The molecule has 7 nitrogen and oxygen atoms in total. The monoisotopic (exact) mass is 271 g/mol. The van der Waals surface area contributed by atoms with Crippen LogP contribution in [0.2, 0.25) is 0 Å². The molecule has 108 valence electrons. The lowest BCUT2D eigenvalue weighted by molar-refractivity contribution is -0.138. The zero-order valence-corrected chi connectivity index (χ0v) is 11.6. The number of nitrogens with zero attached hydrogens (tertiary/aromatic N) is 3. The van der Waals surface area contributed by atoms with Crippen LogP contribution in [0.4, 0.5) is 4.79 Å². The summed E-state index contributed by atoms with van der Waals surface area (Å²) in [4.78, 5) is 39.0. The maximum Gasteiger partial charge on any atom is 0.323 e. The van der Waals surface area contributed by atoms with E-state index in [1.807, 2.05) is 6.92 Å². The molecule has 0 bridgehead atoms. The van der Waals surface area contributed by atoms with Gasteiger partial charge in [0.25, 0.3) is 0 Å². The Balaban J connectivity index is 2.76. The topological polar surface area (TPSA) is 81.2 Å². The zero-order chi connectivity index (χ0) is 14.6. The van der Waals surface area contributed by atoms with Gasteiger partial charge in [0.1, 0.15) is 13.1 Å². The van der Waals surface area contributed by atoms with E-state index < -0.39 is 5.97 Å². The number of rotatable bonds is 4. The molecule has 3 amide bonds. The maximum absolute atomic E-state index is 12.3. The minimum atomic E-state index is -1.05. The highest BCUT2D eigenvalue weighted by Crippen LogP contribution is 2.10. The van der Waals surface area contributed by atoms with Crippen molar-refractivity contribution in [1.82, 2.24) is 14.7 Å². The first-order chi connectivity index (χ1) is 8.86. The van der Waals surface area contributed by atoms with Crippen LogP contribution in [0, 0.1) is 0 Å². The Bertz CT molecular complexity index is 372. The number of carboxylic acids is 1. The normalized spacial score (nSPS) is 17.3. The molecule has 0 saturated carbocycles. The van der Waals surface area contributed by atoms with Gasteiger partial charge in [-0.2, -0.15) is 0 Å². The van der Waals surface area contributed by atoms with Crippen molar-refractivity contribution in [1.29, 1.82) is 0 Å². The summed E-state index contributed by atoms with van der Waals surface area (Å²) in [7, 11) is 1.69. The van der Waals surface area contributed by atoms with Gasteiger partial charge >= 0.3 is 12.0 Å². The number of amides is 3. The Labute approximate surface area is 112 Å². The largest absolute Gasteiger partial charge is 0.480 e. The van der Waals surface area contributed by atoms with E-state index in [9.17, 15) is 14.4 Å². The number of hydrogen-bond donors (Lipinski definition) is 1. The first-order valence-corrected chi connectivity index (χ1v) is 6.38. The van der Waals surface area contributed by atoms with Gasteiger partial charge in [-0.25, -0.2) is 4.79 Å². The number of aliphatic carboxylic acids is 1. The average Bonchev–Trinajstić information content (AvgIpc) is 2.37. The Morgan fingerprint density at radius 3 is 2.53 bits per heavy atom. The highest BCUT2D eigenvalue weighted by atomic mass is 16.4. The number of carbonyl (C=O) groups excluding carboxylic acids is 2. The lowest BCUT2D eigenvalue weighted by atomic mass is 10.2. The number of urea groups is 1. The van der Waals surface area contributed by atoms with E-state index in [2.05, 4.69) is 0 Å². The van der Waals surface area contributed by atoms with Crippen molar-refractivity contribution < 1.29 is 19.5 Å². The van der Waals surface area contributed by atoms with Gasteiger partial charge in [0.05, 0.1) is 0 Å². The summed E-state index contributed by atoms with van der Waals surface area (Å²) < 4.78 is 0. The van der Waals surface area contributed by atoms with Gasteiger partial charge in [-0.3, -0.25) is 9.59 Å². The van der Waals surface area contributed by atoms with Gasteiger partial charge in [0.15, 0.2) is 0 Å². The standard InChI is InChI=1S/C12H21N3O4/c1-4-9(2)15(8-11(17)18)12(19)14-6-5-13(3)10(16)7-14/h9H,4-8H2,1-3H3,(H,17,18). The van der Waals surface area contributed by atoms with E-state index in [0.29, 0.717) is 19.5 Å². The van der Waals surface area contributed by atoms with E-state index in [0.717, 1.165) is 0 Å². The Morgan fingerprint density at radius 1 is 1.42 bits per heavy atom. The molecule has 1 aliphatic rings. The number of carbonyl (C=O) groups is 3. The molecular weight excluding hydrogens is 250 g/mol. The van der Waals surface area contributed by atoms with Crippen molar-refractivity contribution in [3.05, 3.63) is 0 Å². The first kappa shape index (κ1) is 15.3. The summed E-state index contributed by atoms with van der Waals surface area (Å²) in [6.07, 6.45) is 0.667. The number of carboxylic acid groups (broad SMARTS) is 1. The summed E-state index contributed by atoms with van der Waals surface area (Å²) in [5.41, 5.74) is 0. The third-order valence-electron chi connectivity index (χ3n) is 3.40. The van der Waals surface area contributed by atoms with Crippen molar-refractivity contribution in [3.8, 4) is 0 Å². The van der Waals surface area contributed by atoms with Crippen molar-refractivity contribution in [2.45, 2.75) is 26.3 Å². The van der Waals surface area contributed by atoms with Crippen molar-refractivity contribution >= 4 is 17.9 Å². The first-order valence-electron chi connectivity index (χ1n) is 6.38. The van der Waals surface area contributed by atoms with Crippen LogP contribution in [0.3, 0.4) is 0 Å². The van der Waals surface area contributed by atoms with Crippen LogP contribution >= 0.6 is 0 Å². The quantitative estimate of drug-likeness (QED) is 0.784. The molecule has 1 fully saturated rings. The van der Waals surface area contributed by atoms with E-state index >= 15 is 0 Å². The van der Waals surface area contributed by atoms with Crippen LogP contribution in [0.25, 0.3) is 0 Å². The van der Waals surface area contributed by atoms with Crippen LogP contribution in [0.5, 0.6) is 0 Å². The highest BCUT2D eigenvalue weighted by Gasteiger charge is 2.30. The van der Waals surface area contributed by atoms with E-state index in [1.165, 1.54) is 9.80 Å². The van der Waals surface area contributed by atoms with Gasteiger partial charge in [-0.1, -0.05) is 6.92 Å². The van der Waals surface area contributed by atoms with Gasteiger partial charge in [-0.15, -0.1) is 0 Å². The molecule has 0 spiro atoms. The molecule has 0 aromatic rings. The fraction of sp³-hybridized carbons (Fsp3) is 0.750. The highest BCUT2D eigenvalue weighted by molar-refractivity contribution is 5.86. The second-order valence-corrected chi connectivity index (χ2v) is 4.80. The Kier molecular flexibility index (Phi) is 5.14. The molecule has 1 unspecified atom stereocenters. The lowest BCUT2D eigenvalue weighted by Crippen LogP contribution is -2.56. The van der Waals surface area contributed by atoms with Crippen molar-refractivity contribution in [3.63, 3.8) is 0 Å². The predicted molar refractivity (Wildman–Crippen MR) is 68.7 cm³/mol. The molecule has 0 radical (unpaired) electrons. The number of hydrogen-bond acceptors (Lipinski definition) is 3. The van der Waals surface area contributed by atoms with Gasteiger partial charge < -0.3 is 19.8 Å². The van der Waals surface area contributed by atoms with Crippen LogP contribution in [0.1, 0.15) is 20.3 Å². The van der Waals surface area contributed by atoms with Crippen molar-refractivity contribution in [2.75, 3.05) is 33.2 Å². The summed E-state index contributed by atoms with van der Waals surface area (Å²) >= 11 is 0. The Hall–Kier alpha value is -1.79. The lowest BCUT2D eigenvalue weighted by Gasteiger charge is -2.37. The summed E-state index contributed by atoms with van der Waals surface area (Å²) in [5.74, 6) is -1.17. The third-order valence-corrected chi connectivity index (χ3v) is 3.40. The maximum atomic E-state index is 12.3. The molecule has 1 rings (SSSR count). The molecule has 0 aliphatic carbocycles. The molecule has 7 heteroatoms. The fourth-order valence-corrected chi connectivity index (χ4v) is 1.88. The minimum Gasteiger partial charge on any atom is -0.480 e. The molecule has 1 aliphatic heterocycles. The SMILES string of the molecule is CCC(C)N(CC(=O)O)C(=O)N1CCN(C)C(=O)C1. The van der Waals surface area contributed by atoms with Crippen LogP contribution in [0.15, 0.2) is 0 Å². The second-order valence-electron chi connectivity index (χ2n) is 4.80. The molecule has 1 heterocycles. The second kappa shape index (κ2) is 6.40. The van der Waals surface area contributed by atoms with E-state index in [4.69, 9.17) is 5.11 Å². The minimum absolute atomic E-state index is 0.0158. The van der Waals surface area contributed by atoms with E-state index in [1.54, 1.807) is 18.9 Å². The number of likely N-dealkylation sites (N-methyl/N-ethyl adjacent to an activating group) is 1. The van der Waals surface area contributed by atoms with Crippen LogP contribution in [-0.4, -0.2) is 77.0 Å². The molecule has 1 atom stereocenters. The zero-order valence-electron chi connectivity index (χ0n) is 11.6. The molecule has 0 aromatic heterocycles. The summed E-state index contributed by atoms with van der Waals surface area (Å²) in [5, 5.41) is 8.88.